The topological polar surface area (TPSA) is 64.1 Å². The molecule has 1 rings (SSSR count). The van der Waals surface area contributed by atoms with Crippen LogP contribution in [0.5, 0.6) is 0 Å². The maximum Gasteiger partial charge on any atom is 0.417 e. The summed E-state index contributed by atoms with van der Waals surface area (Å²) in [4.78, 5) is 15.4. The third-order valence-electron chi connectivity index (χ3n) is 3.63. The fraction of sp³-hybridized carbons (Fsp3) is 0.625. The van der Waals surface area contributed by atoms with E-state index in [-0.39, 0.29) is 24.4 Å². The molecule has 0 radical (unpaired) electrons. The first kappa shape index (κ1) is 20.6. The summed E-state index contributed by atoms with van der Waals surface area (Å²) in [5.41, 5.74) is -0.541. The highest BCUT2D eigenvalue weighted by molar-refractivity contribution is 7.91. The number of Topliss-reactive ketones (excluding diaryl/α,β-unsaturated/α-hetero) is 1. The van der Waals surface area contributed by atoms with Gasteiger partial charge in [0.25, 0.3) is 0 Å². The minimum Gasteiger partial charge on any atom is -0.299 e. The van der Waals surface area contributed by atoms with E-state index in [2.05, 4.69) is 4.98 Å². The zero-order chi connectivity index (χ0) is 18.4. The molecule has 0 spiro atoms. The van der Waals surface area contributed by atoms with E-state index in [4.69, 9.17) is 0 Å². The van der Waals surface area contributed by atoms with Crippen LogP contribution in [0, 0.1) is 0 Å². The van der Waals surface area contributed by atoms with Gasteiger partial charge in [-0.2, -0.15) is 13.2 Å². The number of pyridine rings is 1. The number of hydrogen-bond donors (Lipinski definition) is 0. The van der Waals surface area contributed by atoms with Gasteiger partial charge in [-0.1, -0.05) is 6.42 Å². The molecule has 0 saturated heterocycles. The van der Waals surface area contributed by atoms with Crippen molar-refractivity contribution < 1.29 is 26.4 Å². The number of carbonyl (C=O) groups is 1. The third kappa shape index (κ3) is 6.98. The van der Waals surface area contributed by atoms with Crippen LogP contribution < -0.4 is 0 Å². The van der Waals surface area contributed by atoms with Crippen LogP contribution in [-0.4, -0.2) is 30.2 Å². The summed E-state index contributed by atoms with van der Waals surface area (Å²) in [7, 11) is -3.05. The molecule has 0 N–H and O–H groups in total. The fourth-order valence-electron chi connectivity index (χ4n) is 2.03. The molecule has 0 aromatic carbocycles. The molecule has 0 aliphatic rings. The summed E-state index contributed by atoms with van der Waals surface area (Å²) in [6.07, 6.45) is -1.77. The van der Waals surface area contributed by atoms with Crippen LogP contribution in [0.3, 0.4) is 0 Å². The van der Waals surface area contributed by atoms with E-state index in [0.717, 1.165) is 12.3 Å². The molecule has 1 aromatic heterocycles. The minimum atomic E-state index is -4.44. The summed E-state index contributed by atoms with van der Waals surface area (Å²) < 4.78 is 60.4. The molecule has 0 aliphatic heterocycles. The Morgan fingerprint density at radius 2 is 1.83 bits per heavy atom. The van der Waals surface area contributed by atoms with Gasteiger partial charge < -0.3 is 0 Å². The molecule has 0 amide bonds. The zero-order valence-corrected chi connectivity index (χ0v) is 14.6. The predicted molar refractivity (Wildman–Crippen MR) is 85.3 cm³/mol. The quantitative estimate of drug-likeness (QED) is 0.627. The number of carbonyl (C=O) groups excluding carboxylic acids is 1. The zero-order valence-electron chi connectivity index (χ0n) is 13.8. The lowest BCUT2D eigenvalue weighted by Gasteiger charge is -2.07. The Labute approximate surface area is 140 Å². The number of hydrogen-bond acceptors (Lipinski definition) is 4. The molecular formula is C16H22F3NO3S. The number of rotatable bonds is 9. The molecule has 0 bridgehead atoms. The standard InChI is InChI=1S/C16H22F3NO3S/c1-12(2)24(22,23)9-5-3-4-6-15(21)10-14-8-7-13(11-20-14)16(17,18)19/h7-8,11-12H,3-6,9-10H2,1-2H3. The minimum absolute atomic E-state index is 0.0115. The number of unbranched alkanes of at least 4 members (excludes halogenated alkanes) is 2. The largest absolute Gasteiger partial charge is 0.417 e. The van der Waals surface area contributed by atoms with Crippen molar-refractivity contribution in [3.05, 3.63) is 29.6 Å². The van der Waals surface area contributed by atoms with Crippen LogP contribution in [0.2, 0.25) is 0 Å². The Hall–Kier alpha value is -1.44. The smallest absolute Gasteiger partial charge is 0.299 e. The number of alkyl halides is 3. The van der Waals surface area contributed by atoms with Gasteiger partial charge in [-0.25, -0.2) is 8.42 Å². The van der Waals surface area contributed by atoms with Crippen molar-refractivity contribution in [3.8, 4) is 0 Å². The third-order valence-corrected chi connectivity index (χ3v) is 5.93. The predicted octanol–water partition coefficient (Wildman–Crippen LogP) is 3.60. The molecule has 4 nitrogen and oxygen atoms in total. The van der Waals surface area contributed by atoms with Crippen LogP contribution >= 0.6 is 0 Å². The first-order valence-electron chi connectivity index (χ1n) is 7.78. The van der Waals surface area contributed by atoms with Crippen molar-refractivity contribution >= 4 is 15.6 Å². The molecule has 0 aliphatic carbocycles. The van der Waals surface area contributed by atoms with Crippen molar-refractivity contribution in [2.45, 2.75) is 57.4 Å². The Morgan fingerprint density at radius 1 is 1.17 bits per heavy atom. The molecule has 0 unspecified atom stereocenters. The van der Waals surface area contributed by atoms with Crippen LogP contribution in [0.25, 0.3) is 0 Å². The molecule has 1 heterocycles. The monoisotopic (exact) mass is 365 g/mol. The molecule has 0 fully saturated rings. The SMILES string of the molecule is CC(C)S(=O)(=O)CCCCCC(=O)Cc1ccc(C(F)(F)F)cn1. The number of ketones is 1. The molecule has 24 heavy (non-hydrogen) atoms. The van der Waals surface area contributed by atoms with Crippen LogP contribution in [0.15, 0.2) is 18.3 Å². The second-order valence-corrected chi connectivity index (χ2v) is 8.65. The molecule has 0 atom stereocenters. The maximum atomic E-state index is 12.4. The number of aromatic nitrogens is 1. The van der Waals surface area contributed by atoms with Crippen LogP contribution in [-0.2, 0) is 27.2 Å². The van der Waals surface area contributed by atoms with Gasteiger partial charge in [-0.15, -0.1) is 0 Å². The van der Waals surface area contributed by atoms with Gasteiger partial charge in [0.15, 0.2) is 9.84 Å². The van der Waals surface area contributed by atoms with Gasteiger partial charge in [0.2, 0.25) is 0 Å². The van der Waals surface area contributed by atoms with E-state index < -0.39 is 26.8 Å². The average Bonchev–Trinajstić information content (AvgIpc) is 2.46. The Bertz CT molecular complexity index is 638. The van der Waals surface area contributed by atoms with Gasteiger partial charge in [-0.3, -0.25) is 9.78 Å². The average molecular weight is 365 g/mol. The Balaban J connectivity index is 2.32. The summed E-state index contributed by atoms with van der Waals surface area (Å²) >= 11 is 0. The van der Waals surface area contributed by atoms with Crippen molar-refractivity contribution in [1.29, 1.82) is 0 Å². The van der Waals surface area contributed by atoms with Crippen molar-refractivity contribution in [2.24, 2.45) is 0 Å². The number of sulfone groups is 1. The normalized spacial score (nSPS) is 12.6. The fourth-order valence-corrected chi connectivity index (χ4v) is 3.10. The molecule has 136 valence electrons. The molecule has 1 aromatic rings. The number of nitrogens with zero attached hydrogens (tertiary/aromatic N) is 1. The van der Waals surface area contributed by atoms with Gasteiger partial charge in [0.05, 0.1) is 16.6 Å². The van der Waals surface area contributed by atoms with Gasteiger partial charge >= 0.3 is 6.18 Å². The second-order valence-electron chi connectivity index (χ2n) is 5.98. The lowest BCUT2D eigenvalue weighted by molar-refractivity contribution is -0.137. The lowest BCUT2D eigenvalue weighted by atomic mass is 10.1. The van der Waals surface area contributed by atoms with Crippen molar-refractivity contribution in [2.75, 3.05) is 5.75 Å². The van der Waals surface area contributed by atoms with Crippen molar-refractivity contribution in [1.82, 2.24) is 4.98 Å². The summed E-state index contributed by atoms with van der Waals surface area (Å²) in [5, 5.41) is -0.398. The summed E-state index contributed by atoms with van der Waals surface area (Å²) in [6.45, 7) is 3.27. The Morgan fingerprint density at radius 3 is 2.33 bits per heavy atom. The van der Waals surface area contributed by atoms with E-state index in [9.17, 15) is 26.4 Å². The van der Waals surface area contributed by atoms with E-state index >= 15 is 0 Å². The first-order chi connectivity index (χ1) is 11.0. The Kier molecular flexibility index (Phi) is 7.38. The first-order valence-corrected chi connectivity index (χ1v) is 9.49. The van der Waals surface area contributed by atoms with E-state index in [0.29, 0.717) is 25.0 Å². The number of halogens is 3. The molecule has 8 heteroatoms. The van der Waals surface area contributed by atoms with Gasteiger partial charge in [0, 0.05) is 24.7 Å². The summed E-state index contributed by atoms with van der Waals surface area (Å²) in [6, 6.07) is 2.11. The van der Waals surface area contributed by atoms with E-state index in [1.54, 1.807) is 13.8 Å². The highest BCUT2D eigenvalue weighted by atomic mass is 32.2. The lowest BCUT2D eigenvalue weighted by Crippen LogP contribution is -2.17. The van der Waals surface area contributed by atoms with Gasteiger partial charge in [0.1, 0.15) is 5.78 Å². The van der Waals surface area contributed by atoms with E-state index in [1.807, 2.05) is 0 Å². The van der Waals surface area contributed by atoms with Crippen LogP contribution in [0.1, 0.15) is 50.8 Å². The highest BCUT2D eigenvalue weighted by Gasteiger charge is 2.30. The van der Waals surface area contributed by atoms with E-state index in [1.165, 1.54) is 6.07 Å². The second kappa shape index (κ2) is 8.60. The maximum absolute atomic E-state index is 12.4. The van der Waals surface area contributed by atoms with Crippen LogP contribution in [0.4, 0.5) is 13.2 Å². The molecule has 0 saturated carbocycles. The van der Waals surface area contributed by atoms with Crippen molar-refractivity contribution in [3.63, 3.8) is 0 Å². The molecular weight excluding hydrogens is 343 g/mol. The highest BCUT2D eigenvalue weighted by Crippen LogP contribution is 2.28. The van der Waals surface area contributed by atoms with Gasteiger partial charge in [-0.05, 0) is 38.8 Å². The summed E-state index contributed by atoms with van der Waals surface area (Å²) in [5.74, 6) is -0.00626.